The summed E-state index contributed by atoms with van der Waals surface area (Å²) in [5.41, 5.74) is 3.14. The number of rotatable bonds is 5. The van der Waals surface area contributed by atoms with Crippen molar-refractivity contribution in [3.63, 3.8) is 0 Å². The van der Waals surface area contributed by atoms with E-state index in [1.807, 2.05) is 30.4 Å². The Labute approximate surface area is 161 Å². The van der Waals surface area contributed by atoms with Crippen LogP contribution in [0.5, 0.6) is 0 Å². The minimum absolute atomic E-state index is 0.344. The Morgan fingerprint density at radius 3 is 2.77 bits per heavy atom. The van der Waals surface area contributed by atoms with Gasteiger partial charge in [0, 0.05) is 29.9 Å². The number of ether oxygens (including phenoxy) is 2. The second-order valence-corrected chi connectivity index (χ2v) is 7.09. The Kier molecular flexibility index (Phi) is 5.69. The predicted molar refractivity (Wildman–Crippen MR) is 106 cm³/mol. The van der Waals surface area contributed by atoms with Gasteiger partial charge in [0.25, 0.3) is 0 Å². The summed E-state index contributed by atoms with van der Waals surface area (Å²) < 4.78 is 11.9. The van der Waals surface area contributed by atoms with Gasteiger partial charge in [0.2, 0.25) is 0 Å². The lowest BCUT2D eigenvalue weighted by Crippen LogP contribution is -2.43. The molecule has 2 atom stereocenters. The predicted octanol–water partition coefficient (Wildman–Crippen LogP) is 2.62. The van der Waals surface area contributed by atoms with Crippen LogP contribution in [0.3, 0.4) is 0 Å². The average molecular weight is 414 g/mol. The SMILES string of the molecule is C=C(Cc1cccc(Br)c1)c1ccnc2c1=CC(OC(C)=O)C(OC)C=2. The van der Waals surface area contributed by atoms with Crippen molar-refractivity contribution in [2.75, 3.05) is 7.11 Å². The molecule has 0 aliphatic heterocycles. The number of aromatic nitrogens is 1. The van der Waals surface area contributed by atoms with Gasteiger partial charge in [-0.15, -0.1) is 0 Å². The van der Waals surface area contributed by atoms with Gasteiger partial charge >= 0.3 is 5.97 Å². The zero-order valence-electron chi connectivity index (χ0n) is 14.7. The number of esters is 1. The zero-order chi connectivity index (χ0) is 18.7. The van der Waals surface area contributed by atoms with Crippen LogP contribution in [-0.2, 0) is 20.7 Å². The van der Waals surface area contributed by atoms with E-state index in [-0.39, 0.29) is 12.1 Å². The molecule has 0 bridgehead atoms. The summed E-state index contributed by atoms with van der Waals surface area (Å²) >= 11 is 3.50. The molecule has 5 heteroatoms. The lowest BCUT2D eigenvalue weighted by atomic mass is 9.95. The highest BCUT2D eigenvalue weighted by Crippen LogP contribution is 2.19. The number of fused-ring (bicyclic) bond motifs is 1. The molecule has 1 aliphatic carbocycles. The van der Waals surface area contributed by atoms with E-state index in [1.54, 1.807) is 13.3 Å². The molecule has 1 heterocycles. The van der Waals surface area contributed by atoms with E-state index in [2.05, 4.69) is 39.6 Å². The molecule has 4 nitrogen and oxygen atoms in total. The Balaban J connectivity index is 2.00. The maximum atomic E-state index is 11.4. The number of benzene rings is 1. The van der Waals surface area contributed by atoms with Gasteiger partial charge in [-0.25, -0.2) is 0 Å². The number of carbonyl (C=O) groups excluding carboxylic acids is 1. The van der Waals surface area contributed by atoms with E-state index in [0.717, 1.165) is 32.6 Å². The first kappa shape index (κ1) is 18.5. The minimum atomic E-state index is -0.480. The van der Waals surface area contributed by atoms with Crippen LogP contribution in [0.15, 0.2) is 47.6 Å². The van der Waals surface area contributed by atoms with Gasteiger partial charge in [-0.05, 0) is 53.5 Å². The van der Waals surface area contributed by atoms with Crippen LogP contribution >= 0.6 is 15.9 Å². The van der Waals surface area contributed by atoms with Crippen LogP contribution in [0.25, 0.3) is 17.7 Å². The van der Waals surface area contributed by atoms with Crippen LogP contribution < -0.4 is 10.6 Å². The summed E-state index contributed by atoms with van der Waals surface area (Å²) in [4.78, 5) is 15.9. The highest BCUT2D eigenvalue weighted by molar-refractivity contribution is 9.10. The van der Waals surface area contributed by atoms with Crippen molar-refractivity contribution < 1.29 is 14.3 Å². The van der Waals surface area contributed by atoms with Gasteiger partial charge in [-0.3, -0.25) is 9.78 Å². The Hall–Kier alpha value is -2.24. The van der Waals surface area contributed by atoms with E-state index in [9.17, 15) is 4.79 Å². The Morgan fingerprint density at radius 1 is 1.27 bits per heavy atom. The van der Waals surface area contributed by atoms with Gasteiger partial charge in [-0.1, -0.05) is 34.6 Å². The van der Waals surface area contributed by atoms with Gasteiger partial charge < -0.3 is 9.47 Å². The van der Waals surface area contributed by atoms with Crippen molar-refractivity contribution in [2.45, 2.75) is 25.6 Å². The summed E-state index contributed by atoms with van der Waals surface area (Å²) in [6.07, 6.45) is 5.44. The highest BCUT2D eigenvalue weighted by Gasteiger charge is 2.24. The third kappa shape index (κ3) is 4.11. The molecule has 1 aliphatic rings. The molecule has 0 N–H and O–H groups in total. The lowest BCUT2D eigenvalue weighted by Gasteiger charge is -2.23. The number of allylic oxidation sites excluding steroid dienone is 1. The molecule has 3 rings (SSSR count). The molecule has 0 saturated heterocycles. The number of methoxy groups -OCH3 is 1. The molecular formula is C21H20BrNO3. The number of hydrogen-bond acceptors (Lipinski definition) is 4. The standard InChI is InChI=1S/C21H20BrNO3/c1-13(9-15-5-4-6-16(22)10-15)17-7-8-23-19-12-20(25-3)21(11-18(17)19)26-14(2)24/h4-8,10-12,20-21H,1,9H2,2-3H3. The fourth-order valence-electron chi connectivity index (χ4n) is 3.10. The van der Waals surface area contributed by atoms with Crippen molar-refractivity contribution in [3.8, 4) is 0 Å². The first-order valence-corrected chi connectivity index (χ1v) is 9.08. The van der Waals surface area contributed by atoms with Crippen molar-refractivity contribution in [1.82, 2.24) is 4.98 Å². The maximum absolute atomic E-state index is 11.4. The maximum Gasteiger partial charge on any atom is 0.303 e. The van der Waals surface area contributed by atoms with Gasteiger partial charge in [0.1, 0.15) is 6.10 Å². The third-order valence-electron chi connectivity index (χ3n) is 4.26. The smallest absolute Gasteiger partial charge is 0.303 e. The highest BCUT2D eigenvalue weighted by atomic mass is 79.9. The molecule has 26 heavy (non-hydrogen) atoms. The topological polar surface area (TPSA) is 48.4 Å². The average Bonchev–Trinajstić information content (AvgIpc) is 2.60. The molecule has 0 fully saturated rings. The number of nitrogens with zero attached hydrogens (tertiary/aromatic N) is 1. The normalized spacial score (nSPS) is 18.3. The third-order valence-corrected chi connectivity index (χ3v) is 4.75. The summed E-state index contributed by atoms with van der Waals surface area (Å²) in [5, 5.41) is 1.74. The Bertz CT molecular complexity index is 967. The number of hydrogen-bond donors (Lipinski definition) is 0. The largest absolute Gasteiger partial charge is 0.455 e. The first-order chi connectivity index (χ1) is 12.5. The van der Waals surface area contributed by atoms with E-state index < -0.39 is 6.10 Å². The molecule has 2 unspecified atom stereocenters. The molecule has 134 valence electrons. The van der Waals surface area contributed by atoms with E-state index in [0.29, 0.717) is 0 Å². The van der Waals surface area contributed by atoms with E-state index >= 15 is 0 Å². The monoisotopic (exact) mass is 413 g/mol. The van der Waals surface area contributed by atoms with Gasteiger partial charge in [-0.2, -0.15) is 0 Å². The molecular weight excluding hydrogens is 394 g/mol. The number of carbonyl (C=O) groups is 1. The van der Waals surface area contributed by atoms with Crippen LogP contribution in [0.1, 0.15) is 18.1 Å². The molecule has 0 radical (unpaired) electrons. The second kappa shape index (κ2) is 7.98. The van der Waals surface area contributed by atoms with Crippen molar-refractivity contribution in [2.24, 2.45) is 0 Å². The molecule has 0 amide bonds. The number of pyridine rings is 1. The quantitative estimate of drug-likeness (QED) is 0.706. The Morgan fingerprint density at radius 2 is 2.08 bits per heavy atom. The van der Waals surface area contributed by atoms with Gasteiger partial charge in [0.15, 0.2) is 6.10 Å². The molecule has 0 spiro atoms. The van der Waals surface area contributed by atoms with Crippen LogP contribution in [0.4, 0.5) is 0 Å². The lowest BCUT2D eigenvalue weighted by molar-refractivity contribution is -0.146. The van der Waals surface area contributed by atoms with Crippen molar-refractivity contribution >= 4 is 39.6 Å². The minimum Gasteiger partial charge on any atom is -0.455 e. The molecule has 1 aromatic heterocycles. The van der Waals surface area contributed by atoms with Gasteiger partial charge in [0.05, 0.1) is 5.35 Å². The second-order valence-electron chi connectivity index (χ2n) is 6.18. The van der Waals surface area contributed by atoms with Crippen molar-refractivity contribution in [3.05, 3.63) is 69.3 Å². The first-order valence-electron chi connectivity index (χ1n) is 8.29. The van der Waals surface area contributed by atoms with Crippen LogP contribution in [0.2, 0.25) is 0 Å². The fraction of sp³-hybridized carbons (Fsp3) is 0.238. The molecule has 0 saturated carbocycles. The summed E-state index contributed by atoms with van der Waals surface area (Å²) in [5.74, 6) is -0.344. The number of halogens is 1. The van der Waals surface area contributed by atoms with Crippen LogP contribution in [-0.4, -0.2) is 30.3 Å². The summed E-state index contributed by atoms with van der Waals surface area (Å²) in [6.45, 7) is 5.66. The molecule has 2 aromatic rings. The fourth-order valence-corrected chi connectivity index (χ4v) is 3.55. The van der Waals surface area contributed by atoms with Crippen molar-refractivity contribution in [1.29, 1.82) is 0 Å². The summed E-state index contributed by atoms with van der Waals surface area (Å²) in [7, 11) is 1.59. The zero-order valence-corrected chi connectivity index (χ0v) is 16.3. The van der Waals surface area contributed by atoms with Crippen LogP contribution in [0, 0.1) is 0 Å². The summed E-state index contributed by atoms with van der Waals surface area (Å²) in [6, 6.07) is 10.1. The molecule has 1 aromatic carbocycles. The van der Waals surface area contributed by atoms with E-state index in [1.165, 1.54) is 12.5 Å². The van der Waals surface area contributed by atoms with E-state index in [4.69, 9.17) is 9.47 Å².